The molecule has 0 radical (unpaired) electrons. The number of rotatable bonds is 5. The number of ether oxygens (including phenoxy) is 2. The minimum absolute atomic E-state index is 0. The number of aryl methyl sites for hydroxylation is 3. The van der Waals surface area contributed by atoms with Crippen molar-refractivity contribution in [3.8, 4) is 17.2 Å². The molecule has 2 aliphatic carbocycles. The van der Waals surface area contributed by atoms with E-state index < -0.39 is 7.92 Å². The zero-order chi connectivity index (χ0) is 26.2. The van der Waals surface area contributed by atoms with Crippen molar-refractivity contribution in [2.75, 3.05) is 14.2 Å². The van der Waals surface area contributed by atoms with Gasteiger partial charge in [0.1, 0.15) is 23.8 Å². The zero-order valence-electron chi connectivity index (χ0n) is 24.1. The first kappa shape index (κ1) is 32.8. The van der Waals surface area contributed by atoms with E-state index in [1.54, 1.807) is 14.2 Å². The minimum Gasteiger partial charge on any atom is -0.504 e. The maximum absolute atomic E-state index is 11.4. The number of hydrogen-bond donors (Lipinski definition) is 1. The van der Waals surface area contributed by atoms with Crippen LogP contribution >= 0.6 is 7.92 Å². The van der Waals surface area contributed by atoms with Gasteiger partial charge in [0.15, 0.2) is 17.2 Å². The van der Waals surface area contributed by atoms with Crippen molar-refractivity contribution in [3.63, 3.8) is 0 Å². The Labute approximate surface area is 247 Å². The van der Waals surface area contributed by atoms with E-state index in [0.29, 0.717) is 5.75 Å². The molecule has 0 unspecified atom stereocenters. The first-order chi connectivity index (χ1) is 18.1. The average Bonchev–Trinajstić information content (AvgIpc) is 3.37. The summed E-state index contributed by atoms with van der Waals surface area (Å²) in [5.74, 6) is 2.19. The Balaban J connectivity index is 0.000000461. The van der Waals surface area contributed by atoms with E-state index in [0.717, 1.165) is 41.6 Å². The molecule has 1 N–H and O–H groups in total. The number of aromatic hydroxyl groups is 1. The Hall–Kier alpha value is -2.41. The van der Waals surface area contributed by atoms with Gasteiger partial charge in [-0.1, -0.05) is 55.3 Å². The van der Waals surface area contributed by atoms with Crippen LogP contribution in [0.3, 0.4) is 0 Å². The Morgan fingerprint density at radius 3 is 2.00 bits per heavy atom. The molecule has 0 heterocycles. The molecule has 0 fully saturated rings. The van der Waals surface area contributed by atoms with Gasteiger partial charge in [0.2, 0.25) is 0 Å². The van der Waals surface area contributed by atoms with Crippen molar-refractivity contribution < 1.29 is 31.1 Å². The van der Waals surface area contributed by atoms with E-state index in [1.807, 2.05) is 24.3 Å². The largest absolute Gasteiger partial charge is 0.504 e. The van der Waals surface area contributed by atoms with Crippen LogP contribution < -0.4 is 25.4 Å². The van der Waals surface area contributed by atoms with E-state index in [1.165, 1.54) is 59.4 Å². The summed E-state index contributed by atoms with van der Waals surface area (Å²) < 4.78 is 11.6. The summed E-state index contributed by atoms with van der Waals surface area (Å²) in [6.45, 7) is 4.25. The molecule has 0 bridgehead atoms. The summed E-state index contributed by atoms with van der Waals surface area (Å²) in [6, 6.07) is 16.7. The molecule has 0 aliphatic heterocycles. The summed E-state index contributed by atoms with van der Waals surface area (Å²) in [6.07, 6.45) is 16.6. The summed E-state index contributed by atoms with van der Waals surface area (Å²) in [5, 5.41) is 14.7. The predicted octanol–water partition coefficient (Wildman–Crippen LogP) is 7.16. The second kappa shape index (κ2) is 16.0. The Morgan fingerprint density at radius 2 is 1.38 bits per heavy atom. The summed E-state index contributed by atoms with van der Waals surface area (Å²) in [7, 11) is 1.86. The number of hydrogen-bond acceptors (Lipinski definition) is 3. The van der Waals surface area contributed by atoms with Crippen molar-refractivity contribution >= 4 is 23.8 Å². The number of benzene rings is 3. The van der Waals surface area contributed by atoms with Gasteiger partial charge in [-0.05, 0) is 74.4 Å². The number of allylic oxidation sites excluding steroid dienone is 2. The fourth-order valence-corrected chi connectivity index (χ4v) is 8.73. The Morgan fingerprint density at radius 1 is 0.769 bits per heavy atom. The molecule has 39 heavy (non-hydrogen) atoms. The number of fused-ring (bicyclic) bond motifs is 1. The molecule has 0 atom stereocenters. The molecule has 0 spiro atoms. The van der Waals surface area contributed by atoms with Gasteiger partial charge >= 0.3 is 0 Å². The van der Waals surface area contributed by atoms with Crippen molar-refractivity contribution in [2.45, 2.75) is 65.2 Å². The summed E-state index contributed by atoms with van der Waals surface area (Å²) in [4.78, 5) is 0. The second-order valence-corrected chi connectivity index (χ2v) is 12.2. The van der Waals surface area contributed by atoms with Crippen molar-refractivity contribution in [3.05, 3.63) is 96.8 Å². The normalized spacial score (nSPS) is 14.9. The first-order valence-corrected chi connectivity index (χ1v) is 15.0. The topological polar surface area (TPSA) is 38.7 Å². The Bertz CT molecular complexity index is 1170. The van der Waals surface area contributed by atoms with Gasteiger partial charge in [0.25, 0.3) is 0 Å². The second-order valence-electron chi connectivity index (χ2n) is 9.90. The molecule has 0 saturated carbocycles. The standard InChI is InChI=1S/C25H27O3P.C8H13.CH3.Ni/c1-16-8-5-12-20(27-3)24(16)29(25-17(2)9-6-13-21(25)28-4)22-15-14-18-10-7-11-19(18)23(22)26;1-2-4-6-8-7-5-3-1;;/h5-6,8-9,12-15,26H,7,10-11H2,1-4H3;1-2,7H,3-6,8H2;1H3;/q;-1;+1;/p+1/b;2-1-;;. The van der Waals surface area contributed by atoms with E-state index >= 15 is 0 Å². The van der Waals surface area contributed by atoms with Crippen LogP contribution in [0.25, 0.3) is 0 Å². The van der Waals surface area contributed by atoms with Gasteiger partial charge in [0, 0.05) is 29.5 Å². The molecule has 3 aromatic rings. The fraction of sp³-hybridized carbons (Fsp3) is 0.353. The van der Waals surface area contributed by atoms with Crippen LogP contribution in [-0.4, -0.2) is 19.3 Å². The van der Waals surface area contributed by atoms with Crippen LogP contribution in [0, 0.1) is 27.7 Å². The molecule has 3 aromatic carbocycles. The number of phenolic OH excluding ortho intramolecular Hbond substituents is 1. The quantitative estimate of drug-likeness (QED) is 0.148. The molecule has 5 rings (SSSR count). The molecule has 2 aliphatic rings. The molecule has 3 nitrogen and oxygen atoms in total. The van der Waals surface area contributed by atoms with Crippen LogP contribution in [0.5, 0.6) is 17.2 Å². The third-order valence-corrected chi connectivity index (χ3v) is 10.6. The Kier molecular flexibility index (Phi) is 13.5. The molecule has 0 saturated heterocycles. The van der Waals surface area contributed by atoms with Gasteiger partial charge < -0.3 is 21.0 Å². The third kappa shape index (κ3) is 7.62. The van der Waals surface area contributed by atoms with Gasteiger partial charge in [0.05, 0.1) is 14.2 Å². The third-order valence-electron chi connectivity index (χ3n) is 7.41. The predicted molar refractivity (Wildman–Crippen MR) is 166 cm³/mol. The van der Waals surface area contributed by atoms with Crippen molar-refractivity contribution in [2.24, 2.45) is 0 Å². The minimum atomic E-state index is -1.57. The van der Waals surface area contributed by atoms with Crippen LogP contribution in [0.4, 0.5) is 0 Å². The van der Waals surface area contributed by atoms with E-state index in [2.05, 4.69) is 56.7 Å². The molecular formula is C34H44NiO3P+. The van der Waals surface area contributed by atoms with Gasteiger partial charge in [-0.15, -0.1) is 0 Å². The van der Waals surface area contributed by atoms with Crippen LogP contribution in [0.1, 0.15) is 60.8 Å². The summed E-state index contributed by atoms with van der Waals surface area (Å²) in [5.41, 5.74) is 4.73. The summed E-state index contributed by atoms with van der Waals surface area (Å²) >= 11 is 0. The zero-order valence-corrected chi connectivity index (χ0v) is 26.1. The molecular weight excluding hydrogens is 546 g/mol. The van der Waals surface area contributed by atoms with Crippen LogP contribution in [-0.2, 0) is 29.3 Å². The fourth-order valence-electron chi connectivity index (χ4n) is 5.48. The monoisotopic (exact) mass is 589 g/mol. The average molecular weight is 590 g/mol. The van der Waals surface area contributed by atoms with Crippen LogP contribution in [0.2, 0.25) is 0 Å². The molecule has 5 heteroatoms. The van der Waals surface area contributed by atoms with E-state index in [-0.39, 0.29) is 23.9 Å². The maximum Gasteiger partial charge on any atom is 0.162 e. The smallest absolute Gasteiger partial charge is 0.162 e. The van der Waals surface area contributed by atoms with Crippen molar-refractivity contribution in [1.82, 2.24) is 0 Å². The van der Waals surface area contributed by atoms with Crippen molar-refractivity contribution in [1.29, 1.82) is 0 Å². The molecule has 0 aromatic heterocycles. The SMILES string of the molecule is C1=C\CCC[CH-]CC/1.COc1cccc(C)c1[PH+](c1ccc2c(c1O)CCC2)c1c(C)cccc1OC.[CH3+].[Ni]. The first-order valence-electron chi connectivity index (χ1n) is 13.5. The molecule has 212 valence electrons. The molecule has 0 amide bonds. The van der Waals surface area contributed by atoms with Crippen LogP contribution in [0.15, 0.2) is 60.7 Å². The van der Waals surface area contributed by atoms with Gasteiger partial charge in [-0.25, -0.2) is 0 Å². The number of phenols is 1. The van der Waals surface area contributed by atoms with Gasteiger partial charge in [-0.3, -0.25) is 0 Å². The van der Waals surface area contributed by atoms with E-state index in [9.17, 15) is 5.11 Å². The maximum atomic E-state index is 11.4. The van der Waals surface area contributed by atoms with E-state index in [4.69, 9.17) is 9.47 Å². The number of methoxy groups -OCH3 is 2. The van der Waals surface area contributed by atoms with Gasteiger partial charge in [-0.2, -0.15) is 12.8 Å².